The van der Waals surface area contributed by atoms with Crippen LogP contribution >= 0.6 is 0 Å². The van der Waals surface area contributed by atoms with Gasteiger partial charge in [0.25, 0.3) is 0 Å². The van der Waals surface area contributed by atoms with E-state index in [-0.39, 0.29) is 41.7 Å². The summed E-state index contributed by atoms with van der Waals surface area (Å²) >= 11 is 0. The first-order chi connectivity index (χ1) is 28.1. The second kappa shape index (κ2) is 16.5. The molecule has 2 fully saturated rings. The second-order valence-corrected chi connectivity index (χ2v) is 22.6. The van der Waals surface area contributed by atoms with E-state index in [9.17, 15) is 19.2 Å². The van der Waals surface area contributed by atoms with Gasteiger partial charge in [0, 0.05) is 18.1 Å². The van der Waals surface area contributed by atoms with Gasteiger partial charge < -0.3 is 39.9 Å². The number of ether oxygens (including phenoxy) is 2. The van der Waals surface area contributed by atoms with Gasteiger partial charge in [-0.15, -0.1) is 0 Å². The molecule has 5 atom stereocenters. The van der Waals surface area contributed by atoms with Crippen LogP contribution in [0.5, 0.6) is 0 Å². The summed E-state index contributed by atoms with van der Waals surface area (Å²) in [5.41, 5.74) is 5.72. The quantitative estimate of drug-likeness (QED) is 0.104. The Morgan fingerprint density at radius 3 is 2.03 bits per heavy atom. The van der Waals surface area contributed by atoms with Crippen LogP contribution in [0.3, 0.4) is 0 Å². The van der Waals surface area contributed by atoms with E-state index in [0.29, 0.717) is 12.7 Å². The molecule has 0 radical (unpaired) electrons. The van der Waals surface area contributed by atoms with Crippen molar-refractivity contribution in [2.24, 2.45) is 17.8 Å². The number of fused-ring (bicyclic) bond motifs is 3. The van der Waals surface area contributed by atoms with Gasteiger partial charge >= 0.3 is 12.2 Å². The molecule has 312 valence electrons. The maximum absolute atomic E-state index is 14.0. The van der Waals surface area contributed by atoms with E-state index in [2.05, 4.69) is 95.2 Å². The number of carbonyl (C=O) groups excluding carboxylic acids is 4. The number of aromatic nitrogens is 4. The van der Waals surface area contributed by atoms with Gasteiger partial charge in [-0.3, -0.25) is 9.59 Å². The Morgan fingerprint density at radius 1 is 0.797 bits per heavy atom. The van der Waals surface area contributed by atoms with E-state index in [1.165, 1.54) is 14.2 Å². The molecule has 15 heteroatoms. The predicted molar refractivity (Wildman–Crippen MR) is 230 cm³/mol. The summed E-state index contributed by atoms with van der Waals surface area (Å²) in [6.45, 7) is 14.9. The number of hydrogen-bond acceptors (Lipinski definition) is 8. The first-order valence-electron chi connectivity index (χ1n) is 20.5. The molecule has 5 aromatic rings. The maximum Gasteiger partial charge on any atom is 0.407 e. The Labute approximate surface area is 345 Å². The van der Waals surface area contributed by atoms with Crippen LogP contribution in [-0.2, 0) is 19.1 Å². The SMILES string of the molecule is COC(=O)N[C@H](C(=O)N1CC[C@H](C)[C@H]1c1ncc(-c2ccc(-c3ccc4c(ccc5[nH]c([C@@H]6C[Si](C)(C)CN6C(=O)[C@@H](NC(=O)OC)C(C)C)nc54)c3)cc2)[nH]1)C(C)C. The number of nitrogens with one attached hydrogen (secondary N) is 4. The standard InChI is InChI=1S/C44H56N8O6Si/c1-24(2)35(49-43(55)57-6)41(53)51-19-18-26(5)38(51)40-45-21-33(47-40)28-12-10-27(11-13-28)29-14-16-31-30(20-29)15-17-32-37(31)48-39(46-32)34-22-59(8,9)23-52(34)42(54)36(25(3)4)50-44(56)58-7/h10-17,20-21,24-26,34-36,38H,18-19,22-23H2,1-9H3,(H,45,47)(H,46,48)(H,49,55)(H,50,56)/t26-,34-,35-,36-,38-/m0/s1. The number of alkyl carbamates (subject to hydrolysis) is 2. The molecule has 0 unspecified atom stereocenters. The number of carbonyl (C=O) groups is 4. The fourth-order valence-corrected chi connectivity index (χ4v) is 11.6. The first-order valence-corrected chi connectivity index (χ1v) is 23.9. The molecule has 59 heavy (non-hydrogen) atoms. The summed E-state index contributed by atoms with van der Waals surface area (Å²) < 4.78 is 9.62. The molecule has 0 aliphatic carbocycles. The van der Waals surface area contributed by atoms with Crippen molar-refractivity contribution in [2.45, 2.75) is 84.3 Å². The number of imidazole rings is 2. The Hall–Kier alpha value is -5.70. The Morgan fingerprint density at radius 2 is 1.41 bits per heavy atom. The lowest BCUT2D eigenvalue weighted by Crippen LogP contribution is -2.52. The third kappa shape index (κ3) is 8.29. The summed E-state index contributed by atoms with van der Waals surface area (Å²) in [5, 5.41) is 7.54. The van der Waals surface area contributed by atoms with Crippen LogP contribution in [0.15, 0.2) is 60.8 Å². The molecule has 7 rings (SSSR count). The second-order valence-electron chi connectivity index (χ2n) is 17.6. The Kier molecular flexibility index (Phi) is 11.6. The van der Waals surface area contributed by atoms with Gasteiger partial charge in [-0.25, -0.2) is 19.6 Å². The predicted octanol–water partition coefficient (Wildman–Crippen LogP) is 7.57. The molecule has 0 spiro atoms. The van der Waals surface area contributed by atoms with Crippen LogP contribution in [0, 0.1) is 17.8 Å². The largest absolute Gasteiger partial charge is 0.453 e. The van der Waals surface area contributed by atoms with Crippen molar-refractivity contribution in [2.75, 3.05) is 26.9 Å². The zero-order chi connectivity index (χ0) is 42.3. The lowest BCUT2D eigenvalue weighted by Gasteiger charge is -2.31. The molecule has 2 aliphatic rings. The molecule has 4 N–H and O–H groups in total. The topological polar surface area (TPSA) is 175 Å². The molecule has 14 nitrogen and oxygen atoms in total. The van der Waals surface area contributed by atoms with Crippen LogP contribution < -0.4 is 10.6 Å². The molecule has 3 aromatic carbocycles. The van der Waals surface area contributed by atoms with Crippen molar-refractivity contribution >= 4 is 53.9 Å². The Bertz CT molecular complexity index is 2370. The zero-order valence-electron chi connectivity index (χ0n) is 35.4. The van der Waals surface area contributed by atoms with Crippen LogP contribution in [0.2, 0.25) is 19.1 Å². The van der Waals surface area contributed by atoms with Crippen molar-refractivity contribution in [3.05, 3.63) is 72.4 Å². The normalized spacial score (nSPS) is 20.0. The number of hydrogen-bond donors (Lipinski definition) is 4. The average molecular weight is 821 g/mol. The van der Waals surface area contributed by atoms with Gasteiger partial charge in [-0.2, -0.15) is 0 Å². The smallest absolute Gasteiger partial charge is 0.407 e. The summed E-state index contributed by atoms with van der Waals surface area (Å²) in [5.74, 6) is 1.18. The third-order valence-corrected chi connectivity index (χ3v) is 14.7. The molecule has 2 aromatic heterocycles. The van der Waals surface area contributed by atoms with E-state index in [1.807, 2.05) is 43.7 Å². The minimum atomic E-state index is -1.78. The van der Waals surface area contributed by atoms with Crippen LogP contribution in [0.25, 0.3) is 44.2 Å². The van der Waals surface area contributed by atoms with Gasteiger partial charge in [-0.05, 0) is 64.4 Å². The van der Waals surface area contributed by atoms with Crippen LogP contribution in [-0.4, -0.2) is 101 Å². The number of methoxy groups -OCH3 is 2. The molecule has 2 saturated heterocycles. The van der Waals surface area contributed by atoms with E-state index in [4.69, 9.17) is 19.4 Å². The minimum absolute atomic E-state index is 0.115. The van der Waals surface area contributed by atoms with Crippen LogP contribution in [0.1, 0.15) is 64.8 Å². The van der Waals surface area contributed by atoms with Crippen molar-refractivity contribution in [3.8, 4) is 22.4 Å². The van der Waals surface area contributed by atoms with E-state index >= 15 is 0 Å². The monoisotopic (exact) mass is 820 g/mol. The van der Waals surface area contributed by atoms with E-state index in [1.54, 1.807) is 0 Å². The highest BCUT2D eigenvalue weighted by Gasteiger charge is 2.46. The number of aromatic amines is 2. The number of nitrogens with zero attached hydrogens (tertiary/aromatic N) is 4. The molecule has 0 saturated carbocycles. The summed E-state index contributed by atoms with van der Waals surface area (Å²) in [4.78, 5) is 72.6. The van der Waals surface area contributed by atoms with Gasteiger partial charge in [0.15, 0.2) is 0 Å². The molecular weight excluding hydrogens is 765 g/mol. The lowest BCUT2D eigenvalue weighted by atomic mass is 9.99. The molecule has 2 aliphatic heterocycles. The lowest BCUT2D eigenvalue weighted by molar-refractivity contribution is -0.136. The summed E-state index contributed by atoms with van der Waals surface area (Å²) in [6.07, 6.45) is 2.08. The molecule has 4 amide bonds. The summed E-state index contributed by atoms with van der Waals surface area (Å²) in [6, 6.07) is 17.9. The van der Waals surface area contributed by atoms with E-state index < -0.39 is 32.3 Å². The van der Waals surface area contributed by atoms with Crippen molar-refractivity contribution in [1.82, 2.24) is 40.4 Å². The van der Waals surface area contributed by atoms with Gasteiger partial charge in [0.1, 0.15) is 23.7 Å². The number of rotatable bonds is 10. The van der Waals surface area contributed by atoms with Crippen molar-refractivity contribution in [1.29, 1.82) is 0 Å². The minimum Gasteiger partial charge on any atom is -0.453 e. The molecule has 4 heterocycles. The third-order valence-electron chi connectivity index (χ3n) is 12.0. The van der Waals surface area contributed by atoms with E-state index in [0.717, 1.165) is 68.3 Å². The number of amides is 4. The fourth-order valence-electron chi connectivity index (χ4n) is 8.75. The first kappa shape index (κ1) is 41.5. The van der Waals surface area contributed by atoms with Gasteiger partial charge in [0.2, 0.25) is 11.8 Å². The zero-order valence-corrected chi connectivity index (χ0v) is 36.4. The number of benzene rings is 3. The Balaban J connectivity index is 1.10. The maximum atomic E-state index is 14.0. The van der Waals surface area contributed by atoms with Crippen molar-refractivity contribution in [3.63, 3.8) is 0 Å². The highest BCUT2D eigenvalue weighted by molar-refractivity contribution is 6.78. The number of likely N-dealkylation sites (tertiary alicyclic amines) is 1. The highest BCUT2D eigenvalue weighted by atomic mass is 28.3. The van der Waals surface area contributed by atoms with Gasteiger partial charge in [-0.1, -0.05) is 90.2 Å². The molecular formula is C44H56N8O6Si. The van der Waals surface area contributed by atoms with Crippen molar-refractivity contribution < 1.29 is 28.7 Å². The number of H-pyrrole nitrogens is 2. The highest BCUT2D eigenvalue weighted by Crippen LogP contribution is 2.40. The molecule has 0 bridgehead atoms. The van der Waals surface area contributed by atoms with Crippen LogP contribution in [0.4, 0.5) is 9.59 Å². The van der Waals surface area contributed by atoms with Gasteiger partial charge in [0.05, 0.1) is 57.3 Å². The summed E-state index contributed by atoms with van der Waals surface area (Å²) in [7, 11) is 0.821. The average Bonchev–Trinajstić information content (AvgIpc) is 4.02. The fraction of sp³-hybridized carbons (Fsp3) is 0.455.